The Morgan fingerprint density at radius 2 is 2.10 bits per heavy atom. The first-order chi connectivity index (χ1) is 14.8. The van der Waals surface area contributed by atoms with E-state index in [0.717, 1.165) is 5.56 Å². The molecule has 2 bridgehead atoms. The molecule has 4 heterocycles. The summed E-state index contributed by atoms with van der Waals surface area (Å²) < 4.78 is 11.4. The molecule has 0 unspecified atom stereocenters. The molecule has 1 aromatic heterocycles. The molecule has 162 valence electrons. The lowest BCUT2D eigenvalue weighted by atomic mass is 9.76. The van der Waals surface area contributed by atoms with Gasteiger partial charge in [-0.2, -0.15) is 4.98 Å². The number of aromatic nitrogens is 2. The fourth-order valence-electron chi connectivity index (χ4n) is 5.06. The molecule has 3 aliphatic heterocycles. The molecule has 5 rings (SSSR count). The molecule has 1 spiro atoms. The monoisotopic (exact) mass is 422 g/mol. The van der Waals surface area contributed by atoms with Gasteiger partial charge in [0.1, 0.15) is 5.60 Å². The van der Waals surface area contributed by atoms with E-state index in [4.69, 9.17) is 9.26 Å². The van der Waals surface area contributed by atoms with E-state index in [0.29, 0.717) is 24.8 Å². The van der Waals surface area contributed by atoms with E-state index in [-0.39, 0.29) is 24.5 Å². The summed E-state index contributed by atoms with van der Waals surface area (Å²) in [5.74, 6) is -0.320. The van der Waals surface area contributed by atoms with Crippen molar-refractivity contribution in [3.63, 3.8) is 0 Å². The van der Waals surface area contributed by atoms with Crippen molar-refractivity contribution in [3.05, 3.63) is 58.8 Å². The molecule has 8 nitrogen and oxygen atoms in total. The van der Waals surface area contributed by atoms with Gasteiger partial charge >= 0.3 is 0 Å². The van der Waals surface area contributed by atoms with Gasteiger partial charge < -0.3 is 19.1 Å². The van der Waals surface area contributed by atoms with Crippen LogP contribution in [0.4, 0.5) is 0 Å². The number of fused-ring (bicyclic) bond motifs is 1. The van der Waals surface area contributed by atoms with E-state index in [9.17, 15) is 9.59 Å². The first kappa shape index (κ1) is 19.9. The predicted octanol–water partition coefficient (Wildman–Crippen LogP) is 1.94. The van der Waals surface area contributed by atoms with Gasteiger partial charge in [-0.05, 0) is 37.5 Å². The number of benzene rings is 1. The minimum absolute atomic E-state index is 0.0227. The summed E-state index contributed by atoms with van der Waals surface area (Å²) in [6.07, 6.45) is 3.53. The Labute approximate surface area is 180 Å². The van der Waals surface area contributed by atoms with Gasteiger partial charge in [-0.1, -0.05) is 35.5 Å². The summed E-state index contributed by atoms with van der Waals surface area (Å²) in [6.45, 7) is 7.05. The van der Waals surface area contributed by atoms with Crippen LogP contribution in [0.2, 0.25) is 0 Å². The van der Waals surface area contributed by atoms with Crippen LogP contribution in [0.15, 0.2) is 34.9 Å². The van der Waals surface area contributed by atoms with Gasteiger partial charge in [-0.3, -0.25) is 9.59 Å². The van der Waals surface area contributed by atoms with Gasteiger partial charge in [0.15, 0.2) is 5.82 Å². The Hall–Kier alpha value is -3.00. The quantitative estimate of drug-likeness (QED) is 0.684. The number of hydrogen-bond donors (Lipinski definition) is 0. The third kappa shape index (κ3) is 3.17. The molecule has 2 amide bonds. The highest BCUT2D eigenvalue weighted by Crippen LogP contribution is 2.52. The second kappa shape index (κ2) is 7.02. The van der Waals surface area contributed by atoms with E-state index < -0.39 is 17.4 Å². The standard InChI is InChI=1S/C23H26N4O4/c1-13-5-6-16(9-14(13)2)10-27-12-23-8-7-17(30-23)19(20(23)22(27)29)21(28)26(4)11-18-24-15(3)25-31-18/h5-9,17,19-20H,10-12H2,1-4H3/t17-,19-,20+,23-/m0/s1. The summed E-state index contributed by atoms with van der Waals surface area (Å²) in [7, 11) is 1.69. The zero-order valence-electron chi connectivity index (χ0n) is 18.2. The number of carbonyl (C=O) groups is 2. The van der Waals surface area contributed by atoms with Gasteiger partial charge in [-0.25, -0.2) is 0 Å². The zero-order valence-corrected chi connectivity index (χ0v) is 18.2. The Balaban J connectivity index is 1.35. The molecule has 1 aromatic carbocycles. The molecule has 0 N–H and O–H groups in total. The van der Waals surface area contributed by atoms with Crippen LogP contribution in [0.5, 0.6) is 0 Å². The van der Waals surface area contributed by atoms with Crippen molar-refractivity contribution in [2.24, 2.45) is 11.8 Å². The average molecular weight is 422 g/mol. The average Bonchev–Trinajstić information content (AvgIpc) is 3.46. The fraction of sp³-hybridized carbons (Fsp3) is 0.478. The predicted molar refractivity (Wildman–Crippen MR) is 111 cm³/mol. The molecule has 2 saturated heterocycles. The van der Waals surface area contributed by atoms with Gasteiger partial charge in [-0.15, -0.1) is 0 Å². The van der Waals surface area contributed by atoms with Crippen molar-refractivity contribution < 1.29 is 18.8 Å². The van der Waals surface area contributed by atoms with Crippen LogP contribution < -0.4 is 0 Å². The Bertz CT molecular complexity index is 1090. The van der Waals surface area contributed by atoms with Crippen LogP contribution in [0.1, 0.15) is 28.4 Å². The SMILES string of the molecule is Cc1noc(CN(C)C(=O)[C@H]2[C@@H]3C=C[C@@]4(CN(Cc5ccc(C)c(C)c5)C(=O)[C@@H]24)O3)n1. The number of rotatable bonds is 5. The maximum atomic E-state index is 13.4. The first-order valence-electron chi connectivity index (χ1n) is 10.5. The van der Waals surface area contributed by atoms with Crippen LogP contribution in [0.25, 0.3) is 0 Å². The van der Waals surface area contributed by atoms with Gasteiger partial charge in [0.05, 0.1) is 31.0 Å². The summed E-state index contributed by atoms with van der Waals surface area (Å²) in [5.41, 5.74) is 2.79. The van der Waals surface area contributed by atoms with E-state index in [1.807, 2.05) is 17.1 Å². The van der Waals surface area contributed by atoms with Crippen LogP contribution >= 0.6 is 0 Å². The van der Waals surface area contributed by atoms with E-state index in [1.54, 1.807) is 18.9 Å². The maximum Gasteiger partial charge on any atom is 0.246 e. The highest BCUT2D eigenvalue weighted by atomic mass is 16.5. The minimum atomic E-state index is -0.719. The molecule has 0 saturated carbocycles. The van der Waals surface area contributed by atoms with Crippen LogP contribution in [-0.4, -0.2) is 57.1 Å². The Morgan fingerprint density at radius 1 is 1.29 bits per heavy atom. The number of amides is 2. The number of nitrogens with zero attached hydrogens (tertiary/aromatic N) is 4. The van der Waals surface area contributed by atoms with Crippen LogP contribution in [0, 0.1) is 32.6 Å². The zero-order chi connectivity index (χ0) is 21.9. The minimum Gasteiger partial charge on any atom is -0.360 e. The molecule has 0 radical (unpaired) electrons. The number of hydrogen-bond acceptors (Lipinski definition) is 6. The lowest BCUT2D eigenvalue weighted by Crippen LogP contribution is -2.44. The molecule has 2 fully saturated rings. The second-order valence-corrected chi connectivity index (χ2v) is 8.94. The number of likely N-dealkylation sites (tertiary alicyclic amines) is 1. The first-order valence-corrected chi connectivity index (χ1v) is 10.5. The van der Waals surface area contributed by atoms with E-state index >= 15 is 0 Å². The van der Waals surface area contributed by atoms with Crippen molar-refractivity contribution in [1.82, 2.24) is 19.9 Å². The number of aryl methyl sites for hydroxylation is 3. The molecule has 8 heteroatoms. The summed E-state index contributed by atoms with van der Waals surface area (Å²) in [5, 5.41) is 3.77. The van der Waals surface area contributed by atoms with Crippen molar-refractivity contribution in [2.75, 3.05) is 13.6 Å². The van der Waals surface area contributed by atoms with Crippen molar-refractivity contribution in [1.29, 1.82) is 0 Å². The van der Waals surface area contributed by atoms with E-state index in [2.05, 4.69) is 42.2 Å². The largest absolute Gasteiger partial charge is 0.360 e. The normalized spacial score (nSPS) is 28.5. The second-order valence-electron chi connectivity index (χ2n) is 8.94. The lowest BCUT2D eigenvalue weighted by molar-refractivity contribution is -0.143. The summed E-state index contributed by atoms with van der Waals surface area (Å²) in [6, 6.07) is 6.25. The van der Waals surface area contributed by atoms with Crippen molar-refractivity contribution >= 4 is 11.8 Å². The third-order valence-corrected chi connectivity index (χ3v) is 6.73. The topological polar surface area (TPSA) is 88.8 Å². The highest BCUT2D eigenvalue weighted by Gasteiger charge is 2.67. The summed E-state index contributed by atoms with van der Waals surface area (Å²) >= 11 is 0. The lowest BCUT2D eigenvalue weighted by Gasteiger charge is -2.27. The molecule has 31 heavy (non-hydrogen) atoms. The Morgan fingerprint density at radius 3 is 2.81 bits per heavy atom. The highest BCUT2D eigenvalue weighted by molar-refractivity contribution is 5.93. The van der Waals surface area contributed by atoms with Crippen LogP contribution in [-0.2, 0) is 27.4 Å². The Kier molecular flexibility index (Phi) is 4.51. The third-order valence-electron chi connectivity index (χ3n) is 6.73. The molecular formula is C23H26N4O4. The molecule has 4 atom stereocenters. The van der Waals surface area contributed by atoms with Gasteiger partial charge in [0.2, 0.25) is 17.7 Å². The fourth-order valence-corrected chi connectivity index (χ4v) is 5.06. The van der Waals surface area contributed by atoms with E-state index in [1.165, 1.54) is 11.1 Å². The molecule has 3 aliphatic rings. The summed E-state index contributed by atoms with van der Waals surface area (Å²) in [4.78, 5) is 34.3. The van der Waals surface area contributed by atoms with Crippen molar-refractivity contribution in [2.45, 2.75) is 45.6 Å². The van der Waals surface area contributed by atoms with Crippen molar-refractivity contribution in [3.8, 4) is 0 Å². The maximum absolute atomic E-state index is 13.4. The molecular weight excluding hydrogens is 396 g/mol. The number of carbonyl (C=O) groups excluding carboxylic acids is 2. The molecule has 0 aliphatic carbocycles. The van der Waals surface area contributed by atoms with Crippen LogP contribution in [0.3, 0.4) is 0 Å². The smallest absolute Gasteiger partial charge is 0.246 e. The van der Waals surface area contributed by atoms with Gasteiger partial charge in [0.25, 0.3) is 0 Å². The van der Waals surface area contributed by atoms with Gasteiger partial charge in [0, 0.05) is 13.6 Å². The number of ether oxygens (including phenoxy) is 1. The molecule has 2 aromatic rings.